The molecule has 1 aliphatic heterocycles. The van der Waals surface area contributed by atoms with Gasteiger partial charge in [0.05, 0.1) is 28.6 Å². The second-order valence-electron chi connectivity index (χ2n) is 6.94. The van der Waals surface area contributed by atoms with E-state index in [0.717, 1.165) is 24.1 Å². The lowest BCUT2D eigenvalue weighted by Gasteiger charge is -2.31. The van der Waals surface area contributed by atoms with Crippen LogP contribution in [0.3, 0.4) is 0 Å². The van der Waals surface area contributed by atoms with Crippen molar-refractivity contribution < 1.29 is 14.3 Å². The Morgan fingerprint density at radius 3 is 2.90 bits per heavy atom. The second-order valence-corrected chi connectivity index (χ2v) is 9.16. The molecule has 1 atom stereocenters. The Hall–Kier alpha value is -2.42. The summed E-state index contributed by atoms with van der Waals surface area (Å²) in [5.41, 5.74) is 1.58. The van der Waals surface area contributed by atoms with Crippen LogP contribution in [-0.4, -0.2) is 41.9 Å². The van der Waals surface area contributed by atoms with E-state index in [1.165, 1.54) is 22.7 Å². The Morgan fingerprint density at radius 2 is 2.17 bits per heavy atom. The minimum atomic E-state index is -0.245. The molecule has 2 amide bonds. The topological polar surface area (TPSA) is 71.5 Å². The first-order valence-corrected chi connectivity index (χ1v) is 11.6. The molecule has 1 aliphatic rings. The lowest BCUT2D eigenvalue weighted by Crippen LogP contribution is -2.43. The van der Waals surface area contributed by atoms with Crippen LogP contribution in [0.25, 0.3) is 11.3 Å². The average Bonchev–Trinajstić information content (AvgIpc) is 3.46. The summed E-state index contributed by atoms with van der Waals surface area (Å²) in [6.07, 6.45) is 1.56. The van der Waals surface area contributed by atoms with Crippen LogP contribution in [0.15, 0.2) is 41.1 Å². The normalized spacial score (nSPS) is 16.3. The van der Waals surface area contributed by atoms with Gasteiger partial charge in [0.1, 0.15) is 5.75 Å². The Balaban J connectivity index is 1.40. The van der Waals surface area contributed by atoms with Gasteiger partial charge in [-0.05, 0) is 42.5 Å². The number of nitrogens with one attached hydrogen (secondary N) is 1. The minimum Gasteiger partial charge on any atom is -0.495 e. The molecule has 2 aromatic heterocycles. The Labute approximate surface area is 187 Å². The van der Waals surface area contributed by atoms with Gasteiger partial charge in [-0.2, -0.15) is 0 Å². The maximum Gasteiger partial charge on any atom is 0.263 e. The molecule has 1 unspecified atom stereocenters. The predicted octanol–water partition coefficient (Wildman–Crippen LogP) is 5.02. The van der Waals surface area contributed by atoms with E-state index in [0.29, 0.717) is 33.9 Å². The van der Waals surface area contributed by atoms with Crippen LogP contribution >= 0.6 is 34.3 Å². The van der Waals surface area contributed by atoms with Gasteiger partial charge in [-0.1, -0.05) is 17.7 Å². The van der Waals surface area contributed by atoms with Crippen LogP contribution in [0, 0.1) is 5.92 Å². The number of nitrogens with zero attached hydrogens (tertiary/aromatic N) is 2. The largest absolute Gasteiger partial charge is 0.495 e. The van der Waals surface area contributed by atoms with E-state index in [-0.39, 0.29) is 17.7 Å². The fraction of sp³-hybridized carbons (Fsp3) is 0.286. The van der Waals surface area contributed by atoms with E-state index in [2.05, 4.69) is 10.3 Å². The number of rotatable bonds is 5. The van der Waals surface area contributed by atoms with Crippen LogP contribution < -0.4 is 10.1 Å². The quantitative estimate of drug-likeness (QED) is 0.578. The van der Waals surface area contributed by atoms with Gasteiger partial charge in [-0.3, -0.25) is 9.59 Å². The summed E-state index contributed by atoms with van der Waals surface area (Å²) in [5, 5.41) is 7.71. The Kier molecular flexibility index (Phi) is 6.36. The summed E-state index contributed by atoms with van der Waals surface area (Å²) in [6, 6.07) is 9.13. The van der Waals surface area contributed by atoms with Crippen LogP contribution in [0.1, 0.15) is 22.5 Å². The standard InChI is InChI=1S/C21H20ClN3O3S2/c1-28-17-7-6-13(10-15(17)22)16-12-30-21(23-16)24-19(26)14-4-2-8-25(11-14)20(27)18-5-3-9-29-18/h3,5-7,9-10,12,14H,2,4,8,11H2,1H3,(H,23,24,26). The molecule has 3 heterocycles. The van der Waals surface area contributed by atoms with Crippen molar-refractivity contribution in [3.05, 3.63) is 51.0 Å². The molecular weight excluding hydrogens is 442 g/mol. The smallest absolute Gasteiger partial charge is 0.263 e. The van der Waals surface area contributed by atoms with Crippen LogP contribution in [0.2, 0.25) is 5.02 Å². The van der Waals surface area contributed by atoms with Crippen molar-refractivity contribution in [3.8, 4) is 17.0 Å². The van der Waals surface area contributed by atoms with Gasteiger partial charge in [0.15, 0.2) is 5.13 Å². The van der Waals surface area contributed by atoms with Crippen molar-refractivity contribution in [2.75, 3.05) is 25.5 Å². The first-order chi connectivity index (χ1) is 14.5. The second kappa shape index (κ2) is 9.16. The number of carbonyl (C=O) groups is 2. The molecule has 1 fully saturated rings. The monoisotopic (exact) mass is 461 g/mol. The van der Waals surface area contributed by atoms with Crippen molar-refractivity contribution in [2.45, 2.75) is 12.8 Å². The van der Waals surface area contributed by atoms with E-state index in [1.807, 2.05) is 29.0 Å². The third kappa shape index (κ3) is 4.50. The van der Waals surface area contributed by atoms with Gasteiger partial charge in [-0.25, -0.2) is 4.98 Å². The van der Waals surface area contributed by atoms with Crippen molar-refractivity contribution >= 4 is 51.2 Å². The number of benzene rings is 1. The zero-order valence-corrected chi connectivity index (χ0v) is 18.6. The molecule has 0 saturated carbocycles. The molecule has 0 bridgehead atoms. The van der Waals surface area contributed by atoms with Gasteiger partial charge < -0.3 is 15.0 Å². The molecule has 3 aromatic rings. The number of amides is 2. The Bertz CT molecular complexity index is 1050. The van der Waals surface area contributed by atoms with E-state index in [4.69, 9.17) is 16.3 Å². The molecule has 9 heteroatoms. The molecule has 1 N–H and O–H groups in total. The number of thiophene rings is 1. The van der Waals surface area contributed by atoms with Crippen molar-refractivity contribution in [2.24, 2.45) is 5.92 Å². The van der Waals surface area contributed by atoms with E-state index < -0.39 is 0 Å². The van der Waals surface area contributed by atoms with Crippen LogP contribution in [0.5, 0.6) is 5.75 Å². The number of aromatic nitrogens is 1. The molecule has 30 heavy (non-hydrogen) atoms. The highest BCUT2D eigenvalue weighted by molar-refractivity contribution is 7.14. The SMILES string of the molecule is COc1ccc(-c2csc(NC(=O)C3CCCN(C(=O)c4cccs4)C3)n2)cc1Cl. The average molecular weight is 462 g/mol. The van der Waals surface area contributed by atoms with Gasteiger partial charge in [-0.15, -0.1) is 22.7 Å². The van der Waals surface area contributed by atoms with E-state index in [1.54, 1.807) is 24.1 Å². The number of ether oxygens (including phenoxy) is 1. The fourth-order valence-electron chi connectivity index (χ4n) is 3.43. The summed E-state index contributed by atoms with van der Waals surface area (Å²) >= 11 is 8.98. The highest BCUT2D eigenvalue weighted by atomic mass is 35.5. The first-order valence-electron chi connectivity index (χ1n) is 9.48. The van der Waals surface area contributed by atoms with Gasteiger partial charge >= 0.3 is 0 Å². The molecule has 0 spiro atoms. The maximum atomic E-state index is 12.8. The van der Waals surface area contributed by atoms with Crippen LogP contribution in [0.4, 0.5) is 5.13 Å². The van der Waals surface area contributed by atoms with E-state index in [9.17, 15) is 9.59 Å². The van der Waals surface area contributed by atoms with Crippen LogP contribution in [-0.2, 0) is 4.79 Å². The third-order valence-electron chi connectivity index (χ3n) is 4.99. The van der Waals surface area contributed by atoms with Crippen molar-refractivity contribution in [1.29, 1.82) is 0 Å². The number of hydrogen-bond acceptors (Lipinski definition) is 6. The first kappa shape index (κ1) is 20.8. The number of hydrogen-bond donors (Lipinski definition) is 1. The third-order valence-corrected chi connectivity index (χ3v) is 6.90. The summed E-state index contributed by atoms with van der Waals surface area (Å²) in [6.45, 7) is 1.11. The van der Waals surface area contributed by atoms with Crippen molar-refractivity contribution in [1.82, 2.24) is 9.88 Å². The maximum absolute atomic E-state index is 12.8. The molecule has 0 aliphatic carbocycles. The Morgan fingerprint density at radius 1 is 1.30 bits per heavy atom. The summed E-state index contributed by atoms with van der Waals surface area (Å²) in [7, 11) is 1.57. The van der Waals surface area contributed by atoms with Gasteiger partial charge in [0.25, 0.3) is 5.91 Å². The lowest BCUT2D eigenvalue weighted by molar-refractivity contribution is -0.121. The van der Waals surface area contributed by atoms with Gasteiger partial charge in [0, 0.05) is 24.0 Å². The zero-order chi connectivity index (χ0) is 21.1. The molecule has 6 nitrogen and oxygen atoms in total. The van der Waals surface area contributed by atoms with E-state index >= 15 is 0 Å². The van der Waals surface area contributed by atoms with Gasteiger partial charge in [0.2, 0.25) is 5.91 Å². The number of likely N-dealkylation sites (tertiary alicyclic amines) is 1. The summed E-state index contributed by atoms with van der Waals surface area (Å²) in [5.74, 6) is 0.247. The molecule has 1 aromatic carbocycles. The molecule has 1 saturated heterocycles. The highest BCUT2D eigenvalue weighted by Gasteiger charge is 2.29. The zero-order valence-electron chi connectivity index (χ0n) is 16.3. The number of piperidine rings is 1. The number of thiazole rings is 1. The molecule has 156 valence electrons. The molecule has 0 radical (unpaired) electrons. The lowest BCUT2D eigenvalue weighted by atomic mass is 9.97. The highest BCUT2D eigenvalue weighted by Crippen LogP contribution is 2.32. The minimum absolute atomic E-state index is 0.00424. The fourth-order valence-corrected chi connectivity index (χ4v) is 5.10. The summed E-state index contributed by atoms with van der Waals surface area (Å²) in [4.78, 5) is 32.4. The summed E-state index contributed by atoms with van der Waals surface area (Å²) < 4.78 is 5.18. The number of anilines is 1. The molecule has 4 rings (SSSR count). The van der Waals surface area contributed by atoms with Crippen molar-refractivity contribution in [3.63, 3.8) is 0 Å². The molecular formula is C21H20ClN3O3S2. The number of carbonyl (C=O) groups excluding carboxylic acids is 2. The predicted molar refractivity (Wildman–Crippen MR) is 121 cm³/mol. The number of halogens is 1. The number of methoxy groups -OCH3 is 1.